The minimum atomic E-state index is -1.23. The number of nitrogens with one attached hydrogen (secondary N) is 1. The molecular formula is C12H14BNO5. The highest BCUT2D eigenvalue weighted by molar-refractivity contribution is 6.32. The first-order valence-electron chi connectivity index (χ1n) is 6.03. The van der Waals surface area contributed by atoms with Crippen LogP contribution in [-0.2, 0) is 11.2 Å². The quantitative estimate of drug-likeness (QED) is 0.678. The molecule has 0 aliphatic carbocycles. The van der Waals surface area contributed by atoms with E-state index in [1.165, 1.54) is 6.07 Å². The van der Waals surface area contributed by atoms with Gasteiger partial charge >= 0.3 is 13.5 Å². The Morgan fingerprint density at radius 1 is 1.53 bits per heavy atom. The van der Waals surface area contributed by atoms with Crippen LogP contribution in [0, 0.1) is 0 Å². The highest BCUT2D eigenvalue weighted by Crippen LogP contribution is 2.34. The van der Waals surface area contributed by atoms with Crippen molar-refractivity contribution in [3.63, 3.8) is 0 Å². The molecule has 1 aromatic carbocycles. The van der Waals surface area contributed by atoms with E-state index in [1.807, 2.05) is 0 Å². The van der Waals surface area contributed by atoms with E-state index in [9.17, 15) is 14.7 Å². The summed E-state index contributed by atoms with van der Waals surface area (Å²) >= 11 is 0. The monoisotopic (exact) mass is 263 g/mol. The Bertz CT molecular complexity index is 531. The molecule has 0 saturated carbocycles. The van der Waals surface area contributed by atoms with Crippen LogP contribution in [0.3, 0.4) is 0 Å². The van der Waals surface area contributed by atoms with Crippen LogP contribution in [0.25, 0.3) is 0 Å². The lowest BCUT2D eigenvalue weighted by molar-refractivity contribution is -0.121. The van der Waals surface area contributed by atoms with Crippen molar-refractivity contribution in [2.45, 2.75) is 25.7 Å². The molecular weight excluding hydrogens is 249 g/mol. The Balaban J connectivity index is 2.25. The molecule has 0 spiro atoms. The molecule has 0 fully saturated rings. The van der Waals surface area contributed by atoms with Gasteiger partial charge in [0.15, 0.2) is 0 Å². The summed E-state index contributed by atoms with van der Waals surface area (Å²) in [6.45, 7) is 1.76. The highest BCUT2D eigenvalue weighted by atomic mass is 16.4. The van der Waals surface area contributed by atoms with Gasteiger partial charge in [-0.3, -0.25) is 4.79 Å². The molecule has 3 N–H and O–H groups in total. The fourth-order valence-corrected chi connectivity index (χ4v) is 2.08. The van der Waals surface area contributed by atoms with E-state index in [0.29, 0.717) is 18.4 Å². The zero-order valence-corrected chi connectivity index (χ0v) is 10.5. The van der Waals surface area contributed by atoms with Crippen LogP contribution in [0.15, 0.2) is 12.1 Å². The van der Waals surface area contributed by atoms with Crippen LogP contribution in [0.2, 0.25) is 0 Å². The molecule has 0 aromatic heterocycles. The molecule has 7 heteroatoms. The van der Waals surface area contributed by atoms with Crippen LogP contribution in [0.1, 0.15) is 29.3 Å². The average molecular weight is 263 g/mol. The molecule has 1 unspecified atom stereocenters. The largest absolute Gasteiger partial charge is 0.561 e. The van der Waals surface area contributed by atoms with Gasteiger partial charge in [0.2, 0.25) is 5.91 Å². The van der Waals surface area contributed by atoms with Crippen LogP contribution < -0.4 is 9.97 Å². The maximum absolute atomic E-state index is 11.3. The second-order valence-electron chi connectivity index (χ2n) is 4.39. The lowest BCUT2D eigenvalue weighted by Crippen LogP contribution is -2.45. The molecule has 1 aliphatic heterocycles. The Kier molecular flexibility index (Phi) is 3.64. The second-order valence-corrected chi connectivity index (χ2v) is 4.39. The van der Waals surface area contributed by atoms with Crippen molar-refractivity contribution < 1.29 is 24.5 Å². The van der Waals surface area contributed by atoms with Crippen molar-refractivity contribution >= 4 is 19.4 Å². The predicted molar refractivity (Wildman–Crippen MR) is 68.8 cm³/mol. The Morgan fingerprint density at radius 2 is 2.26 bits per heavy atom. The first-order chi connectivity index (χ1) is 9.02. The normalized spacial score (nSPS) is 16.8. The number of benzene rings is 1. The van der Waals surface area contributed by atoms with Crippen LogP contribution in [0.4, 0.5) is 0 Å². The van der Waals surface area contributed by atoms with Crippen molar-refractivity contribution in [1.29, 1.82) is 0 Å². The molecule has 1 heterocycles. The number of carbonyl (C=O) groups is 2. The Labute approximate surface area is 110 Å². The molecule has 19 heavy (non-hydrogen) atoms. The number of rotatable bonds is 3. The number of hydrogen-bond acceptors (Lipinski definition) is 4. The van der Waals surface area contributed by atoms with Gasteiger partial charge in [0.25, 0.3) is 0 Å². The van der Waals surface area contributed by atoms with Crippen molar-refractivity contribution in [3.8, 4) is 11.5 Å². The van der Waals surface area contributed by atoms with Gasteiger partial charge in [-0.25, -0.2) is 4.79 Å². The van der Waals surface area contributed by atoms with Crippen LogP contribution in [-0.4, -0.2) is 35.5 Å². The first-order valence-corrected chi connectivity index (χ1v) is 6.03. The molecule has 6 nitrogen and oxygen atoms in total. The van der Waals surface area contributed by atoms with Gasteiger partial charge in [0, 0.05) is 12.4 Å². The van der Waals surface area contributed by atoms with Gasteiger partial charge in [-0.2, -0.15) is 0 Å². The van der Waals surface area contributed by atoms with Gasteiger partial charge in [-0.05, 0) is 18.1 Å². The number of carbonyl (C=O) groups excluding carboxylic acids is 1. The van der Waals surface area contributed by atoms with E-state index in [-0.39, 0.29) is 36.4 Å². The molecule has 2 rings (SSSR count). The summed E-state index contributed by atoms with van der Waals surface area (Å²) in [5.74, 6) is -1.61. The smallest absolute Gasteiger partial charge is 0.363 e. The van der Waals surface area contributed by atoms with Gasteiger partial charge in [-0.15, -0.1) is 0 Å². The first kappa shape index (κ1) is 13.3. The third-order valence-electron chi connectivity index (χ3n) is 3.01. The van der Waals surface area contributed by atoms with Gasteiger partial charge < -0.3 is 20.2 Å². The summed E-state index contributed by atoms with van der Waals surface area (Å²) in [5.41, 5.74) is 0.445. The number of amides is 1. The number of fused-ring (bicyclic) bond motifs is 1. The fourth-order valence-electron chi connectivity index (χ4n) is 2.08. The molecule has 1 atom stereocenters. The number of aromatic carboxylic acids is 1. The molecule has 1 aromatic rings. The summed E-state index contributed by atoms with van der Waals surface area (Å²) in [6.07, 6.45) is 0.876. The van der Waals surface area contributed by atoms with E-state index in [0.717, 1.165) is 0 Å². The Hall–Kier alpha value is -2.18. The summed E-state index contributed by atoms with van der Waals surface area (Å²) in [5, 5.41) is 21.4. The topological polar surface area (TPSA) is 95.9 Å². The third-order valence-corrected chi connectivity index (χ3v) is 3.01. The van der Waals surface area contributed by atoms with Crippen molar-refractivity contribution in [3.05, 3.63) is 23.3 Å². The molecule has 0 saturated heterocycles. The number of phenols is 1. The highest BCUT2D eigenvalue weighted by Gasteiger charge is 2.28. The number of hydrogen-bond donors (Lipinski definition) is 3. The van der Waals surface area contributed by atoms with E-state index in [2.05, 4.69) is 5.32 Å². The maximum Gasteiger partial charge on any atom is 0.363 e. The van der Waals surface area contributed by atoms with Crippen molar-refractivity contribution in [2.24, 2.45) is 0 Å². The summed E-state index contributed by atoms with van der Waals surface area (Å²) in [7, 11) is 0.197. The molecule has 1 aliphatic rings. The predicted octanol–water partition coefficient (Wildman–Crippen LogP) is 0.229. The number of carboxylic acids is 1. The van der Waals surface area contributed by atoms with Crippen molar-refractivity contribution in [1.82, 2.24) is 5.32 Å². The van der Waals surface area contributed by atoms with Crippen molar-refractivity contribution in [2.75, 3.05) is 0 Å². The van der Waals surface area contributed by atoms with Crippen LogP contribution in [0.5, 0.6) is 11.5 Å². The lowest BCUT2D eigenvalue weighted by Gasteiger charge is -2.26. The SMILES string of the molecule is CCC(=O)NC1BOc2c(ccc(O)c2C(=O)O)C1. The number of carboxylic acid groups (broad SMARTS) is 1. The van der Waals surface area contributed by atoms with E-state index >= 15 is 0 Å². The minimum Gasteiger partial charge on any atom is -0.561 e. The molecule has 100 valence electrons. The minimum absolute atomic E-state index is 0.0747. The summed E-state index contributed by atoms with van der Waals surface area (Å²) < 4.78 is 5.40. The zero-order valence-electron chi connectivity index (χ0n) is 10.5. The van der Waals surface area contributed by atoms with Crippen LogP contribution >= 0.6 is 0 Å². The van der Waals surface area contributed by atoms with E-state index in [4.69, 9.17) is 9.76 Å². The summed E-state index contributed by atoms with van der Waals surface area (Å²) in [6, 6.07) is 2.94. The lowest BCUT2D eigenvalue weighted by atomic mass is 9.79. The standard InChI is InChI=1S/C12H14BNO5/c1-2-9(16)14-8-5-6-3-4-7(15)10(12(17)18)11(6)19-13-8/h3-4,8,13,15H,2,5H2,1H3,(H,14,16)(H,17,18). The number of aromatic hydroxyl groups is 1. The molecule has 0 bridgehead atoms. The van der Waals surface area contributed by atoms with E-state index < -0.39 is 5.97 Å². The zero-order chi connectivity index (χ0) is 14.0. The molecule has 1 amide bonds. The summed E-state index contributed by atoms with van der Waals surface area (Å²) in [4.78, 5) is 22.4. The molecule has 0 radical (unpaired) electrons. The van der Waals surface area contributed by atoms with Gasteiger partial charge in [0.05, 0.1) is 0 Å². The maximum atomic E-state index is 11.3. The fraction of sp³-hybridized carbons (Fsp3) is 0.333. The Morgan fingerprint density at radius 3 is 2.89 bits per heavy atom. The van der Waals surface area contributed by atoms with Gasteiger partial charge in [-0.1, -0.05) is 13.0 Å². The van der Waals surface area contributed by atoms with Gasteiger partial charge in [0.1, 0.15) is 17.1 Å². The average Bonchev–Trinajstić information content (AvgIpc) is 2.38. The second kappa shape index (κ2) is 5.21. The third kappa shape index (κ3) is 2.64. The van der Waals surface area contributed by atoms with E-state index in [1.54, 1.807) is 13.0 Å².